The predicted molar refractivity (Wildman–Crippen MR) is 63.4 cm³/mol. The molecule has 0 amide bonds. The molecule has 18 heavy (non-hydrogen) atoms. The van der Waals surface area contributed by atoms with Crippen LogP contribution in [0.4, 0.5) is 19.0 Å². The van der Waals surface area contributed by atoms with Gasteiger partial charge in [-0.05, 0) is 32.4 Å². The quantitative estimate of drug-likeness (QED) is 0.886. The molecule has 0 aliphatic heterocycles. The van der Waals surface area contributed by atoms with Crippen molar-refractivity contribution in [1.82, 2.24) is 4.98 Å². The van der Waals surface area contributed by atoms with Gasteiger partial charge in [0.15, 0.2) is 0 Å². The molecule has 102 valence electrons. The maximum atomic E-state index is 12.6. The summed E-state index contributed by atoms with van der Waals surface area (Å²) in [4.78, 5) is 5.71. The van der Waals surface area contributed by atoms with Crippen LogP contribution in [0.3, 0.4) is 0 Å². The molecule has 1 aromatic rings. The normalized spacial score (nSPS) is 11.9. The molecule has 1 N–H and O–H groups in total. The Morgan fingerprint density at radius 3 is 2.56 bits per heavy atom. The Kier molecular flexibility index (Phi) is 4.95. The van der Waals surface area contributed by atoms with Gasteiger partial charge in [0.1, 0.15) is 5.82 Å². The Balaban J connectivity index is 2.98. The van der Waals surface area contributed by atoms with Crippen molar-refractivity contribution in [2.45, 2.75) is 32.5 Å². The summed E-state index contributed by atoms with van der Waals surface area (Å²) in [5, 5.41) is 8.80. The van der Waals surface area contributed by atoms with E-state index in [2.05, 4.69) is 4.98 Å². The van der Waals surface area contributed by atoms with E-state index in [0.29, 0.717) is 13.0 Å². The summed E-state index contributed by atoms with van der Waals surface area (Å²) in [6.45, 7) is 4.23. The first-order valence-corrected chi connectivity index (χ1v) is 5.77. The minimum atomic E-state index is -4.36. The van der Waals surface area contributed by atoms with Crippen molar-refractivity contribution in [2.24, 2.45) is 0 Å². The highest BCUT2D eigenvalue weighted by molar-refractivity contribution is 5.42. The van der Waals surface area contributed by atoms with Gasteiger partial charge in [-0.15, -0.1) is 0 Å². The molecule has 0 unspecified atom stereocenters. The average Bonchev–Trinajstić information content (AvgIpc) is 2.28. The number of alkyl halides is 3. The van der Waals surface area contributed by atoms with Gasteiger partial charge in [0.05, 0.1) is 5.56 Å². The zero-order valence-corrected chi connectivity index (χ0v) is 10.4. The summed E-state index contributed by atoms with van der Waals surface area (Å²) in [5.74, 6) is 0.285. The lowest BCUT2D eigenvalue weighted by atomic mass is 10.2. The van der Waals surface area contributed by atoms with E-state index in [-0.39, 0.29) is 18.5 Å². The van der Waals surface area contributed by atoms with Crippen LogP contribution < -0.4 is 4.90 Å². The predicted octanol–water partition coefficient (Wildman–Crippen LogP) is 2.70. The van der Waals surface area contributed by atoms with Gasteiger partial charge in [0.25, 0.3) is 0 Å². The first-order chi connectivity index (χ1) is 8.36. The second-order valence-corrected chi connectivity index (χ2v) is 4.26. The van der Waals surface area contributed by atoms with Crippen LogP contribution in [-0.2, 0) is 6.18 Å². The standard InChI is InChI=1S/C12H17F3N2O/c1-9(2)17(6-3-7-18)11-8-10(4-5-16-11)12(13,14)15/h4-5,8-9,18H,3,6-7H2,1-2H3. The number of hydrogen-bond donors (Lipinski definition) is 1. The highest BCUT2D eigenvalue weighted by Crippen LogP contribution is 2.31. The second-order valence-electron chi connectivity index (χ2n) is 4.26. The van der Waals surface area contributed by atoms with E-state index in [1.54, 1.807) is 4.90 Å². The van der Waals surface area contributed by atoms with Crippen molar-refractivity contribution in [2.75, 3.05) is 18.1 Å². The summed E-state index contributed by atoms with van der Waals surface area (Å²) in [6.07, 6.45) is -2.71. The zero-order chi connectivity index (χ0) is 13.8. The summed E-state index contributed by atoms with van der Waals surface area (Å²) in [6, 6.07) is 2.01. The maximum Gasteiger partial charge on any atom is 0.416 e. The molecule has 0 aliphatic carbocycles. The van der Waals surface area contributed by atoms with Crippen LogP contribution in [0.5, 0.6) is 0 Å². The molecular weight excluding hydrogens is 245 g/mol. The van der Waals surface area contributed by atoms with E-state index in [1.165, 1.54) is 0 Å². The van der Waals surface area contributed by atoms with E-state index < -0.39 is 11.7 Å². The van der Waals surface area contributed by atoms with Gasteiger partial charge in [-0.25, -0.2) is 4.98 Å². The van der Waals surface area contributed by atoms with Gasteiger partial charge in [0, 0.05) is 25.4 Å². The summed E-state index contributed by atoms with van der Waals surface area (Å²) in [7, 11) is 0. The topological polar surface area (TPSA) is 36.4 Å². The van der Waals surface area contributed by atoms with Gasteiger partial charge in [-0.3, -0.25) is 0 Å². The zero-order valence-electron chi connectivity index (χ0n) is 10.4. The third kappa shape index (κ3) is 3.87. The fraction of sp³-hybridized carbons (Fsp3) is 0.583. The van der Waals surface area contributed by atoms with E-state index in [9.17, 15) is 13.2 Å². The minimum absolute atomic E-state index is 0.00216. The van der Waals surface area contributed by atoms with Gasteiger partial charge in [0.2, 0.25) is 0 Å². The lowest BCUT2D eigenvalue weighted by molar-refractivity contribution is -0.137. The SMILES string of the molecule is CC(C)N(CCCO)c1cc(C(F)(F)F)ccn1. The molecule has 0 spiro atoms. The highest BCUT2D eigenvalue weighted by Gasteiger charge is 2.31. The molecule has 0 radical (unpaired) electrons. The molecule has 0 aliphatic rings. The van der Waals surface area contributed by atoms with Gasteiger partial charge < -0.3 is 10.0 Å². The van der Waals surface area contributed by atoms with Gasteiger partial charge >= 0.3 is 6.18 Å². The molecular formula is C12H17F3N2O. The lowest BCUT2D eigenvalue weighted by Gasteiger charge is -2.28. The third-order valence-corrected chi connectivity index (χ3v) is 2.55. The molecule has 0 fully saturated rings. The van der Waals surface area contributed by atoms with Crippen molar-refractivity contribution in [3.8, 4) is 0 Å². The Labute approximate surface area is 104 Å². The molecule has 0 saturated carbocycles. The molecule has 0 saturated heterocycles. The Morgan fingerprint density at radius 2 is 2.06 bits per heavy atom. The Morgan fingerprint density at radius 1 is 1.39 bits per heavy atom. The number of nitrogens with zero attached hydrogens (tertiary/aromatic N) is 2. The van der Waals surface area contributed by atoms with Crippen molar-refractivity contribution in [3.05, 3.63) is 23.9 Å². The monoisotopic (exact) mass is 262 g/mol. The number of rotatable bonds is 5. The van der Waals surface area contributed by atoms with Crippen molar-refractivity contribution in [1.29, 1.82) is 0 Å². The molecule has 0 aromatic carbocycles. The minimum Gasteiger partial charge on any atom is -0.396 e. The number of aromatic nitrogens is 1. The largest absolute Gasteiger partial charge is 0.416 e. The highest BCUT2D eigenvalue weighted by atomic mass is 19.4. The van der Waals surface area contributed by atoms with Crippen LogP contribution in [0, 0.1) is 0 Å². The molecule has 1 heterocycles. The average molecular weight is 262 g/mol. The van der Waals surface area contributed by atoms with E-state index in [4.69, 9.17) is 5.11 Å². The number of halogens is 3. The molecule has 6 heteroatoms. The summed E-state index contributed by atoms with van der Waals surface area (Å²) in [5.41, 5.74) is -0.706. The number of hydrogen-bond acceptors (Lipinski definition) is 3. The third-order valence-electron chi connectivity index (χ3n) is 2.55. The Bertz CT molecular complexity index is 380. The fourth-order valence-electron chi connectivity index (χ4n) is 1.63. The van der Waals surface area contributed by atoms with E-state index >= 15 is 0 Å². The molecule has 1 aromatic heterocycles. The molecule has 0 bridgehead atoms. The van der Waals surface area contributed by atoms with Crippen LogP contribution in [0.1, 0.15) is 25.8 Å². The van der Waals surface area contributed by atoms with Crippen LogP contribution in [0.2, 0.25) is 0 Å². The fourth-order valence-corrected chi connectivity index (χ4v) is 1.63. The maximum absolute atomic E-state index is 12.6. The summed E-state index contributed by atoms with van der Waals surface area (Å²) >= 11 is 0. The second kappa shape index (κ2) is 6.04. The molecule has 1 rings (SSSR count). The molecule has 0 atom stereocenters. The van der Waals surface area contributed by atoms with Crippen LogP contribution in [0.15, 0.2) is 18.3 Å². The smallest absolute Gasteiger partial charge is 0.396 e. The number of aliphatic hydroxyl groups is 1. The molecule has 3 nitrogen and oxygen atoms in total. The van der Waals surface area contributed by atoms with Crippen LogP contribution >= 0.6 is 0 Å². The summed E-state index contributed by atoms with van der Waals surface area (Å²) < 4.78 is 37.8. The number of anilines is 1. The van der Waals surface area contributed by atoms with Crippen LogP contribution in [-0.4, -0.2) is 29.3 Å². The van der Waals surface area contributed by atoms with Crippen molar-refractivity contribution >= 4 is 5.82 Å². The Hall–Kier alpha value is -1.30. The van der Waals surface area contributed by atoms with Gasteiger partial charge in [-0.1, -0.05) is 0 Å². The van der Waals surface area contributed by atoms with Crippen molar-refractivity contribution < 1.29 is 18.3 Å². The first-order valence-electron chi connectivity index (χ1n) is 5.77. The number of aliphatic hydroxyl groups excluding tert-OH is 1. The number of pyridine rings is 1. The van der Waals surface area contributed by atoms with Gasteiger partial charge in [-0.2, -0.15) is 13.2 Å². The van der Waals surface area contributed by atoms with Crippen molar-refractivity contribution in [3.63, 3.8) is 0 Å². The van der Waals surface area contributed by atoms with Crippen LogP contribution in [0.25, 0.3) is 0 Å². The van der Waals surface area contributed by atoms with E-state index in [1.807, 2.05) is 13.8 Å². The first kappa shape index (κ1) is 14.8. The van der Waals surface area contributed by atoms with E-state index in [0.717, 1.165) is 18.3 Å². The lowest BCUT2D eigenvalue weighted by Crippen LogP contribution is -2.33.